The number of rotatable bonds is 5. The molecule has 0 unspecified atom stereocenters. The van der Waals surface area contributed by atoms with E-state index in [2.05, 4.69) is 0 Å². The maximum atomic E-state index is 10.1. The van der Waals surface area contributed by atoms with Crippen LogP contribution >= 0.6 is 0 Å². The van der Waals surface area contributed by atoms with Crippen LogP contribution in [-0.4, -0.2) is 28.6 Å². The molecule has 0 aliphatic carbocycles. The van der Waals surface area contributed by atoms with E-state index in [4.69, 9.17) is 5.11 Å². The molecular weight excluding hydrogens is 420 g/mol. The van der Waals surface area contributed by atoms with Gasteiger partial charge in [0.15, 0.2) is 0 Å². The standard InChI is InChI=1S/C6H8O7.Au.K/c7-3(8)1-6(13,5(11)12)2-4(9)10;;/h13H,1-2H2,(H,7,8)(H,9,10)(H,11,12);;/q;+3;+1/p-3. The molecule has 82 valence electrons. The van der Waals surface area contributed by atoms with Gasteiger partial charge in [0.2, 0.25) is 0 Å². The van der Waals surface area contributed by atoms with Gasteiger partial charge in [0.05, 0.1) is 5.97 Å². The number of carbonyl (C=O) groups excluding carboxylic acids is 3. The number of carboxylic acids is 3. The van der Waals surface area contributed by atoms with E-state index in [0.717, 1.165) is 0 Å². The topological polar surface area (TPSA) is 141 Å². The second-order valence-electron chi connectivity index (χ2n) is 2.42. The van der Waals surface area contributed by atoms with E-state index in [1.807, 2.05) is 0 Å². The molecular formula is C6H5AuKO7+. The largest absolute Gasteiger partial charge is 3.00 e. The Balaban J connectivity index is -0.000000720. The minimum absolute atomic E-state index is 0. The van der Waals surface area contributed by atoms with Gasteiger partial charge in [0.1, 0.15) is 5.60 Å². The van der Waals surface area contributed by atoms with Crippen molar-refractivity contribution in [3.8, 4) is 0 Å². The van der Waals surface area contributed by atoms with Crippen molar-refractivity contribution < 1.29 is 109 Å². The van der Waals surface area contributed by atoms with Crippen molar-refractivity contribution in [2.75, 3.05) is 0 Å². The van der Waals surface area contributed by atoms with Gasteiger partial charge in [-0.3, -0.25) is 0 Å². The van der Waals surface area contributed by atoms with E-state index in [1.54, 1.807) is 0 Å². The van der Waals surface area contributed by atoms with Crippen LogP contribution in [-0.2, 0) is 36.8 Å². The summed E-state index contributed by atoms with van der Waals surface area (Å²) in [5.74, 6) is -5.98. The summed E-state index contributed by atoms with van der Waals surface area (Å²) < 4.78 is 0. The number of hydrogen-bond acceptors (Lipinski definition) is 7. The molecule has 7 nitrogen and oxygen atoms in total. The number of carboxylic acid groups (broad SMARTS) is 3. The summed E-state index contributed by atoms with van der Waals surface area (Å²) in [4.78, 5) is 30.0. The van der Waals surface area contributed by atoms with Crippen LogP contribution in [0.1, 0.15) is 12.8 Å². The first-order valence-electron chi connectivity index (χ1n) is 3.11. The van der Waals surface area contributed by atoms with Gasteiger partial charge in [-0.1, -0.05) is 0 Å². The maximum Gasteiger partial charge on any atom is 3.00 e. The number of aliphatic carboxylic acids is 3. The summed E-state index contributed by atoms with van der Waals surface area (Å²) in [6.07, 6.45) is -2.72. The predicted molar refractivity (Wildman–Crippen MR) is 29.2 cm³/mol. The van der Waals surface area contributed by atoms with Gasteiger partial charge in [-0.25, -0.2) is 0 Å². The Bertz CT molecular complexity index is 238. The van der Waals surface area contributed by atoms with Crippen molar-refractivity contribution in [2.24, 2.45) is 0 Å². The first-order chi connectivity index (χ1) is 5.78. The Morgan fingerprint density at radius 2 is 1.27 bits per heavy atom. The van der Waals surface area contributed by atoms with Crippen LogP contribution in [0.2, 0.25) is 0 Å². The van der Waals surface area contributed by atoms with Gasteiger partial charge in [-0.2, -0.15) is 0 Å². The minimum Gasteiger partial charge on any atom is -0.550 e. The number of aliphatic hydroxyl groups is 1. The van der Waals surface area contributed by atoms with Gasteiger partial charge in [-0.15, -0.1) is 0 Å². The third kappa shape index (κ3) is 8.54. The average Bonchev–Trinajstić information content (AvgIpc) is 1.82. The second kappa shape index (κ2) is 8.85. The normalized spacial score (nSPS) is 9.40. The van der Waals surface area contributed by atoms with Crippen LogP contribution in [0.5, 0.6) is 0 Å². The summed E-state index contributed by atoms with van der Waals surface area (Å²) in [6.45, 7) is 0. The van der Waals surface area contributed by atoms with Crippen LogP contribution in [0.15, 0.2) is 0 Å². The Hall–Kier alpha value is 0.747. The third-order valence-electron chi connectivity index (χ3n) is 1.25. The Morgan fingerprint density at radius 3 is 1.40 bits per heavy atom. The number of carbonyl (C=O) groups is 3. The molecule has 1 N–H and O–H groups in total. The van der Waals surface area contributed by atoms with Crippen molar-refractivity contribution in [1.82, 2.24) is 0 Å². The SMILES string of the molecule is O=C([O-])CC(O)(CC(=O)[O-])C(=O)[O-].[Au+3].[K+]. The molecule has 0 fully saturated rings. The van der Waals surface area contributed by atoms with E-state index in [0.29, 0.717) is 0 Å². The van der Waals surface area contributed by atoms with Crippen LogP contribution in [0.4, 0.5) is 0 Å². The Kier molecular flexibility index (Phi) is 12.4. The van der Waals surface area contributed by atoms with E-state index in [-0.39, 0.29) is 73.8 Å². The molecule has 0 aromatic rings. The zero-order chi connectivity index (χ0) is 10.6. The van der Waals surface area contributed by atoms with Gasteiger partial charge >= 0.3 is 73.8 Å². The predicted octanol–water partition coefficient (Wildman–Crippen LogP) is -8.25. The van der Waals surface area contributed by atoms with Crippen molar-refractivity contribution >= 4 is 17.9 Å². The molecule has 0 saturated heterocycles. The molecule has 15 heavy (non-hydrogen) atoms. The zero-order valence-electron chi connectivity index (χ0n) is 7.61. The first-order valence-corrected chi connectivity index (χ1v) is 3.11. The molecule has 0 radical (unpaired) electrons. The van der Waals surface area contributed by atoms with Crippen molar-refractivity contribution in [3.05, 3.63) is 0 Å². The first kappa shape index (κ1) is 21.1. The molecule has 0 saturated carbocycles. The fourth-order valence-corrected chi connectivity index (χ4v) is 0.684. The van der Waals surface area contributed by atoms with Gasteiger partial charge in [0.25, 0.3) is 0 Å². The summed E-state index contributed by atoms with van der Waals surface area (Å²) >= 11 is 0. The summed E-state index contributed by atoms with van der Waals surface area (Å²) in [5.41, 5.74) is -2.97. The molecule has 0 spiro atoms. The van der Waals surface area contributed by atoms with Gasteiger partial charge < -0.3 is 34.8 Å². The fraction of sp³-hybridized carbons (Fsp3) is 0.500. The molecule has 9 heteroatoms. The molecule has 0 aromatic heterocycles. The molecule has 0 aliphatic rings. The van der Waals surface area contributed by atoms with E-state index in [9.17, 15) is 29.7 Å². The molecule has 0 heterocycles. The molecule has 0 aromatic carbocycles. The van der Waals surface area contributed by atoms with Gasteiger partial charge in [0, 0.05) is 24.8 Å². The maximum absolute atomic E-state index is 10.1. The van der Waals surface area contributed by atoms with Crippen LogP contribution in [0, 0.1) is 0 Å². The van der Waals surface area contributed by atoms with Crippen molar-refractivity contribution in [1.29, 1.82) is 0 Å². The average molecular weight is 425 g/mol. The van der Waals surface area contributed by atoms with Crippen molar-refractivity contribution in [2.45, 2.75) is 18.4 Å². The summed E-state index contributed by atoms with van der Waals surface area (Å²) in [6, 6.07) is 0. The zero-order valence-corrected chi connectivity index (χ0v) is 12.9. The van der Waals surface area contributed by atoms with Gasteiger partial charge in [-0.05, 0) is 0 Å². The van der Waals surface area contributed by atoms with Crippen molar-refractivity contribution in [3.63, 3.8) is 0 Å². The van der Waals surface area contributed by atoms with E-state index < -0.39 is 36.4 Å². The monoisotopic (exact) mass is 425 g/mol. The fourth-order valence-electron chi connectivity index (χ4n) is 0.684. The third-order valence-corrected chi connectivity index (χ3v) is 1.25. The quantitative estimate of drug-likeness (QED) is 0.432. The Labute approximate surface area is 143 Å². The Morgan fingerprint density at radius 1 is 1.00 bits per heavy atom. The minimum atomic E-state index is -2.97. The molecule has 0 rings (SSSR count). The summed E-state index contributed by atoms with van der Waals surface area (Å²) in [5, 5.41) is 38.9. The second-order valence-corrected chi connectivity index (χ2v) is 2.42. The van der Waals surface area contributed by atoms with Crippen LogP contribution in [0.3, 0.4) is 0 Å². The molecule has 0 atom stereocenters. The molecule has 0 amide bonds. The molecule has 0 bridgehead atoms. The summed E-state index contributed by atoms with van der Waals surface area (Å²) in [7, 11) is 0. The number of hydrogen-bond donors (Lipinski definition) is 1. The van der Waals surface area contributed by atoms with E-state index in [1.165, 1.54) is 0 Å². The van der Waals surface area contributed by atoms with Crippen LogP contribution in [0.25, 0.3) is 0 Å². The van der Waals surface area contributed by atoms with Crippen LogP contribution < -0.4 is 66.7 Å². The smallest absolute Gasteiger partial charge is 0.550 e. The molecule has 0 aliphatic heterocycles. The van der Waals surface area contributed by atoms with E-state index >= 15 is 0 Å².